The fourth-order valence-corrected chi connectivity index (χ4v) is 7.22. The maximum atomic E-state index is 11.7. The van der Waals surface area contributed by atoms with Crippen molar-refractivity contribution < 1.29 is 38.9 Å². The van der Waals surface area contributed by atoms with Crippen molar-refractivity contribution in [1.82, 2.24) is 9.78 Å². The third-order valence-electron chi connectivity index (χ3n) is 7.14. The van der Waals surface area contributed by atoms with Gasteiger partial charge in [0.05, 0.1) is 37.8 Å². The van der Waals surface area contributed by atoms with Crippen molar-refractivity contribution in [2.75, 3.05) is 29.5 Å². The second-order valence-corrected chi connectivity index (χ2v) is 17.6. The van der Waals surface area contributed by atoms with E-state index < -0.39 is 52.2 Å². The second kappa shape index (κ2) is 15.8. The topological polar surface area (TPSA) is 233 Å². The molecule has 0 unspecified atom stereocenters. The minimum Gasteiger partial charge on any atom is -0.372 e. The smallest absolute Gasteiger partial charge is 0.294 e. The number of unbranched alkanes of at least 4 members (excludes halogenated alkanes) is 2. The Morgan fingerprint density at radius 2 is 1.41 bits per heavy atom. The van der Waals surface area contributed by atoms with E-state index in [2.05, 4.69) is 21.4 Å². The number of hydrogen-bond acceptors (Lipinski definition) is 11. The first-order valence-corrected chi connectivity index (χ1v) is 20.1. The molecule has 0 spiro atoms. The molecule has 0 aliphatic heterocycles. The van der Waals surface area contributed by atoms with Crippen molar-refractivity contribution in [1.29, 1.82) is 5.26 Å². The Bertz CT molecular complexity index is 2040. The lowest BCUT2D eigenvalue weighted by Gasteiger charge is -2.25. The van der Waals surface area contributed by atoms with E-state index in [1.54, 1.807) is 25.1 Å². The average molecular weight is 780 g/mol. The number of halogens is 2. The molecule has 0 aliphatic carbocycles. The van der Waals surface area contributed by atoms with Gasteiger partial charge in [-0.05, 0) is 68.5 Å². The molecule has 268 valence electrons. The lowest BCUT2D eigenvalue weighted by atomic mass is 9.90. The first kappa shape index (κ1) is 40.3. The van der Waals surface area contributed by atoms with Crippen molar-refractivity contribution in [3.05, 3.63) is 57.2 Å². The molecule has 0 aliphatic rings. The van der Waals surface area contributed by atoms with Gasteiger partial charge in [0.2, 0.25) is 0 Å². The summed E-state index contributed by atoms with van der Waals surface area (Å²) in [5, 5.41) is 23.0. The maximum Gasteiger partial charge on any atom is 0.294 e. The summed E-state index contributed by atoms with van der Waals surface area (Å²) < 4.78 is 96.8. The number of aryl methyl sites for hydroxylation is 1. The van der Waals surface area contributed by atoms with Crippen LogP contribution in [-0.4, -0.2) is 73.3 Å². The zero-order valence-electron chi connectivity index (χ0n) is 27.0. The normalized spacial score (nSPS) is 12.8. The van der Waals surface area contributed by atoms with Gasteiger partial charge < -0.3 is 4.90 Å². The van der Waals surface area contributed by atoms with Crippen molar-refractivity contribution in [3.63, 3.8) is 0 Å². The Kier molecular flexibility index (Phi) is 13.0. The number of nitriles is 1. The molecule has 49 heavy (non-hydrogen) atoms. The molecule has 2 aromatic carbocycles. The molecular weight excluding hydrogens is 743 g/mol. The third-order valence-corrected chi connectivity index (χ3v) is 10.2. The van der Waals surface area contributed by atoms with Gasteiger partial charge in [0.25, 0.3) is 30.4 Å². The molecule has 0 atom stereocenters. The summed E-state index contributed by atoms with van der Waals surface area (Å²) in [6.07, 6.45) is 1.21. The van der Waals surface area contributed by atoms with E-state index in [1.165, 1.54) is 4.68 Å². The lowest BCUT2D eigenvalue weighted by Crippen LogP contribution is -2.26. The van der Waals surface area contributed by atoms with Gasteiger partial charge in [0, 0.05) is 24.2 Å². The Labute approximate surface area is 295 Å². The first-order valence-electron chi connectivity index (χ1n) is 14.7. The summed E-state index contributed by atoms with van der Waals surface area (Å²) >= 11 is 12.9. The number of azo groups is 1. The van der Waals surface area contributed by atoms with Crippen molar-refractivity contribution in [2.24, 2.45) is 10.2 Å². The van der Waals surface area contributed by atoms with Gasteiger partial charge in [-0.3, -0.25) is 13.7 Å². The molecule has 3 rings (SSSR count). The Morgan fingerprint density at radius 3 is 1.84 bits per heavy atom. The van der Waals surface area contributed by atoms with Gasteiger partial charge in [-0.15, -0.1) is 10.2 Å². The Hall–Kier alpha value is -3.15. The number of nitrogens with zero attached hydrogens (tertiary/aromatic N) is 6. The summed E-state index contributed by atoms with van der Waals surface area (Å²) in [5.74, 6) is -0.846. The summed E-state index contributed by atoms with van der Waals surface area (Å²) in [4.78, 5) is 1.38. The van der Waals surface area contributed by atoms with E-state index in [-0.39, 0.29) is 40.0 Å². The molecule has 15 nitrogen and oxygen atoms in total. The molecule has 20 heteroatoms. The lowest BCUT2D eigenvalue weighted by molar-refractivity contribution is 0.478. The molecule has 1 aromatic heterocycles. The van der Waals surface area contributed by atoms with Crippen LogP contribution in [0.5, 0.6) is 0 Å². The van der Waals surface area contributed by atoms with Gasteiger partial charge in [-0.25, -0.2) is 4.68 Å². The highest BCUT2D eigenvalue weighted by Gasteiger charge is 2.30. The van der Waals surface area contributed by atoms with Gasteiger partial charge in [0.15, 0.2) is 5.82 Å². The average Bonchev–Trinajstić information content (AvgIpc) is 3.32. The summed E-state index contributed by atoms with van der Waals surface area (Å²) in [5.41, 5.74) is 1.51. The first-order chi connectivity index (χ1) is 22.5. The maximum absolute atomic E-state index is 11.7. The zero-order valence-corrected chi connectivity index (χ0v) is 31.0. The third kappa shape index (κ3) is 11.4. The van der Waals surface area contributed by atoms with Gasteiger partial charge in [0.1, 0.15) is 17.3 Å². The van der Waals surface area contributed by atoms with Gasteiger partial charge in [-0.2, -0.15) is 35.6 Å². The van der Waals surface area contributed by atoms with Crippen molar-refractivity contribution in [2.45, 2.75) is 63.7 Å². The Balaban J connectivity index is 2.03. The van der Waals surface area contributed by atoms with Crippen LogP contribution in [-0.2, 0) is 35.8 Å². The number of benzene rings is 2. The molecule has 0 saturated carbocycles. The van der Waals surface area contributed by atoms with E-state index in [1.807, 2.05) is 25.7 Å². The van der Waals surface area contributed by atoms with Crippen LogP contribution >= 0.6 is 23.2 Å². The zero-order chi connectivity index (χ0) is 36.9. The van der Waals surface area contributed by atoms with Crippen LogP contribution in [0.3, 0.4) is 0 Å². The molecule has 0 amide bonds. The van der Waals surface area contributed by atoms with Crippen LogP contribution < -0.4 is 4.90 Å². The molecule has 3 aromatic rings. The SMILES string of the molecule is Cc1cc(N(CCCCS(=O)(=O)O)CCCCS(=O)(=O)O)ccc1N=Nc1c(C#N)c(C(C)(C)C)nn1-c1c(Cl)cc(S(=O)(=O)O)cc1Cl. The van der Waals surface area contributed by atoms with Crippen LogP contribution in [0, 0.1) is 18.3 Å². The predicted molar refractivity (Wildman–Crippen MR) is 186 cm³/mol. The fourth-order valence-electron chi connectivity index (χ4n) is 4.77. The highest BCUT2D eigenvalue weighted by atomic mass is 35.5. The van der Waals surface area contributed by atoms with E-state index in [0.29, 0.717) is 48.6 Å². The van der Waals surface area contributed by atoms with Crippen molar-refractivity contribution in [3.8, 4) is 11.8 Å². The molecule has 1 heterocycles. The number of aromatic nitrogens is 2. The monoisotopic (exact) mass is 778 g/mol. The molecule has 3 N–H and O–H groups in total. The van der Waals surface area contributed by atoms with Crippen LogP contribution in [0.25, 0.3) is 5.69 Å². The summed E-state index contributed by atoms with van der Waals surface area (Å²) in [6, 6.07) is 9.28. The summed E-state index contributed by atoms with van der Waals surface area (Å²) in [7, 11) is -12.9. The number of hydrogen-bond donors (Lipinski definition) is 3. The van der Waals surface area contributed by atoms with E-state index in [0.717, 1.165) is 12.1 Å². The fraction of sp³-hybridized carbons (Fsp3) is 0.448. The van der Waals surface area contributed by atoms with Crippen LogP contribution in [0.1, 0.15) is 63.3 Å². The molecule has 0 fully saturated rings. The highest BCUT2D eigenvalue weighted by molar-refractivity contribution is 7.86. The minimum absolute atomic E-state index is 0.00221. The molecule has 0 bridgehead atoms. The highest BCUT2D eigenvalue weighted by Crippen LogP contribution is 2.39. The minimum atomic E-state index is -4.64. The second-order valence-electron chi connectivity index (χ2n) is 12.2. The largest absolute Gasteiger partial charge is 0.372 e. The van der Waals surface area contributed by atoms with Crippen LogP contribution in [0.4, 0.5) is 17.2 Å². The number of rotatable bonds is 15. The van der Waals surface area contributed by atoms with Crippen LogP contribution in [0.15, 0.2) is 45.5 Å². The van der Waals surface area contributed by atoms with E-state index in [9.17, 15) is 35.1 Å². The number of anilines is 1. The van der Waals surface area contributed by atoms with E-state index in [4.69, 9.17) is 32.3 Å². The van der Waals surface area contributed by atoms with Gasteiger partial charge in [-0.1, -0.05) is 44.0 Å². The summed E-state index contributed by atoms with van der Waals surface area (Å²) in [6.45, 7) is 8.02. The standard InChI is InChI=1S/C29H36Cl2N6O9S3/c1-19-15-20(36(11-5-7-13-47(38,39)40)12-6-8-14-48(41,42)43)9-10-25(19)33-34-28-22(18-32)27(29(2,3)4)35-37(28)26-23(30)16-21(17-24(26)31)49(44,45)46/h9-10,15-17H,5-8,11-14H2,1-4H3,(H,38,39,40)(H,41,42,43)(H,44,45,46). The van der Waals surface area contributed by atoms with Gasteiger partial charge >= 0.3 is 0 Å². The molecule has 0 radical (unpaired) electrons. The predicted octanol–water partition coefficient (Wildman–Crippen LogP) is 6.46. The van der Waals surface area contributed by atoms with Crippen molar-refractivity contribution >= 4 is 70.7 Å². The van der Waals surface area contributed by atoms with Crippen LogP contribution in [0.2, 0.25) is 10.0 Å². The van der Waals surface area contributed by atoms with E-state index >= 15 is 0 Å². The molecular formula is C29H36Cl2N6O9S3. The molecule has 0 saturated heterocycles. The Morgan fingerprint density at radius 1 is 0.878 bits per heavy atom. The quantitative estimate of drug-likeness (QED) is 0.0857.